The summed E-state index contributed by atoms with van der Waals surface area (Å²) in [5, 5.41) is 11.1. The van der Waals surface area contributed by atoms with Crippen LogP contribution in [0.3, 0.4) is 0 Å². The number of rotatable bonds is 5. The highest BCUT2D eigenvalue weighted by atomic mass is 16.5. The first kappa shape index (κ1) is 22.6. The lowest BCUT2D eigenvalue weighted by molar-refractivity contribution is -0.683. The Morgan fingerprint density at radius 1 is 1.09 bits per heavy atom. The van der Waals surface area contributed by atoms with E-state index in [0.717, 1.165) is 37.5 Å². The first-order chi connectivity index (χ1) is 15.3. The largest absolute Gasteiger partial charge is 0.387 e. The fourth-order valence-electron chi connectivity index (χ4n) is 9.16. The molecule has 2 N–H and O–H groups in total. The highest BCUT2D eigenvalue weighted by Crippen LogP contribution is 2.67. The molecule has 0 aliphatic heterocycles. The molecule has 4 aliphatic carbocycles. The highest BCUT2D eigenvalue weighted by Gasteiger charge is 2.61. The Bertz CT molecular complexity index is 825. The second kappa shape index (κ2) is 8.23. The van der Waals surface area contributed by atoms with E-state index in [1.807, 2.05) is 23.3 Å². The maximum atomic E-state index is 13.4. The van der Waals surface area contributed by atoms with Gasteiger partial charge in [-0.15, -0.1) is 0 Å². The molecule has 4 fully saturated rings. The van der Waals surface area contributed by atoms with Gasteiger partial charge in [0.15, 0.2) is 5.78 Å². The molecule has 1 aromatic rings. The molecule has 0 radical (unpaired) electrons. The molecule has 0 amide bonds. The second-order valence-electron chi connectivity index (χ2n) is 12.3. The number of H-pyrrole nitrogens is 1. The molecule has 5 rings (SSSR count). The predicted molar refractivity (Wildman–Crippen MR) is 123 cm³/mol. The van der Waals surface area contributed by atoms with E-state index in [1.165, 1.54) is 38.5 Å². The molecule has 8 atom stereocenters. The van der Waals surface area contributed by atoms with E-state index in [0.29, 0.717) is 36.2 Å². The van der Waals surface area contributed by atoms with Crippen molar-refractivity contribution in [3.63, 3.8) is 0 Å². The monoisotopic (exact) mass is 443 g/mol. The van der Waals surface area contributed by atoms with Crippen LogP contribution in [0.15, 0.2) is 18.7 Å². The van der Waals surface area contributed by atoms with Gasteiger partial charge in [0, 0.05) is 13.0 Å². The molecule has 0 aromatic carbocycles. The lowest BCUT2D eigenvalue weighted by atomic mass is 9.41. The summed E-state index contributed by atoms with van der Waals surface area (Å²) >= 11 is 0. The van der Waals surface area contributed by atoms with Crippen LogP contribution in [0, 0.1) is 40.4 Å². The van der Waals surface area contributed by atoms with Crippen molar-refractivity contribution in [1.29, 1.82) is 0 Å². The third kappa shape index (κ3) is 3.58. The van der Waals surface area contributed by atoms with Crippen LogP contribution in [-0.4, -0.2) is 35.2 Å². The van der Waals surface area contributed by atoms with E-state index in [2.05, 4.69) is 18.8 Å². The van der Waals surface area contributed by atoms with Gasteiger partial charge in [-0.25, -0.2) is 4.57 Å². The fourth-order valence-corrected chi connectivity index (χ4v) is 9.16. The van der Waals surface area contributed by atoms with Crippen molar-refractivity contribution < 1.29 is 19.2 Å². The highest BCUT2D eigenvalue weighted by molar-refractivity contribution is 5.80. The molecule has 178 valence electrons. The lowest BCUT2D eigenvalue weighted by Crippen LogP contribution is -2.59. The van der Waals surface area contributed by atoms with E-state index in [-0.39, 0.29) is 11.3 Å². The Balaban J connectivity index is 1.35. The third-order valence-electron chi connectivity index (χ3n) is 10.8. The number of ether oxygens (including phenoxy) is 1. The molecule has 4 aliphatic rings. The van der Waals surface area contributed by atoms with E-state index >= 15 is 0 Å². The standard InChI is InChI=1S/C27H42N2O3/c1-25-11-12-27(31,17-32-3)15-19(25)7-8-20-21-5-4-6-23(26(21,2)10-9-22(20)25)24(30)16-29-14-13-28-18-29/h13-14,18-23,31H,4-12,15-17H2,1-3H3/p+1/t19-,20?,21?,22?,23+,25-,26-,27+/m0/s1. The zero-order valence-electron chi connectivity index (χ0n) is 20.3. The normalized spacial score (nSPS) is 46.1. The quantitative estimate of drug-likeness (QED) is 0.667. The lowest BCUT2D eigenvalue weighted by Gasteiger charge is -2.64. The maximum Gasteiger partial charge on any atom is 0.241 e. The number of hydrogen-bond donors (Lipinski definition) is 2. The third-order valence-corrected chi connectivity index (χ3v) is 10.8. The first-order valence-electron chi connectivity index (χ1n) is 13.0. The Labute approximate surface area is 193 Å². The minimum absolute atomic E-state index is 0.155. The van der Waals surface area contributed by atoms with Crippen molar-refractivity contribution in [2.75, 3.05) is 13.7 Å². The smallest absolute Gasteiger partial charge is 0.241 e. The van der Waals surface area contributed by atoms with Crippen molar-refractivity contribution in [3.8, 4) is 0 Å². The fraction of sp³-hybridized carbons (Fsp3) is 0.852. The summed E-state index contributed by atoms with van der Waals surface area (Å²) in [6, 6.07) is 0. The zero-order valence-corrected chi connectivity index (χ0v) is 20.3. The van der Waals surface area contributed by atoms with Crippen LogP contribution in [0.5, 0.6) is 0 Å². The van der Waals surface area contributed by atoms with Crippen LogP contribution >= 0.6 is 0 Å². The van der Waals surface area contributed by atoms with E-state index in [1.54, 1.807) is 7.11 Å². The number of nitrogens with zero attached hydrogens (tertiary/aromatic N) is 1. The molecule has 0 saturated heterocycles. The van der Waals surface area contributed by atoms with Crippen molar-refractivity contribution in [1.82, 2.24) is 4.98 Å². The van der Waals surface area contributed by atoms with Crippen LogP contribution in [0.2, 0.25) is 0 Å². The summed E-state index contributed by atoms with van der Waals surface area (Å²) in [6.45, 7) is 5.97. The number of carbonyl (C=O) groups excluding carboxylic acids is 1. The molecule has 1 heterocycles. The minimum atomic E-state index is -0.632. The molecule has 1 aromatic heterocycles. The molecule has 5 nitrogen and oxygen atoms in total. The number of fused-ring (bicyclic) bond motifs is 5. The molecule has 0 spiro atoms. The van der Waals surface area contributed by atoms with E-state index in [4.69, 9.17) is 4.74 Å². The zero-order chi connectivity index (χ0) is 22.6. The average Bonchev–Trinajstić information content (AvgIpc) is 3.26. The topological polar surface area (TPSA) is 66.2 Å². The Morgan fingerprint density at radius 3 is 2.66 bits per heavy atom. The van der Waals surface area contributed by atoms with Crippen LogP contribution in [0.25, 0.3) is 0 Å². The predicted octanol–water partition coefficient (Wildman–Crippen LogP) is 4.30. The molecular weight excluding hydrogens is 400 g/mol. The van der Waals surface area contributed by atoms with Crippen LogP contribution < -0.4 is 4.57 Å². The van der Waals surface area contributed by atoms with Gasteiger partial charge < -0.3 is 9.84 Å². The number of Topliss-reactive ketones (excluding diaryl/α,β-unsaturated/α-hetero) is 1. The van der Waals surface area contributed by atoms with Gasteiger partial charge in [-0.1, -0.05) is 20.3 Å². The van der Waals surface area contributed by atoms with Gasteiger partial charge in [-0.3, -0.25) is 9.78 Å². The number of imidazole rings is 1. The number of methoxy groups -OCH3 is 1. The van der Waals surface area contributed by atoms with Crippen LogP contribution in [0.1, 0.15) is 78.1 Å². The minimum Gasteiger partial charge on any atom is -0.387 e. The summed E-state index contributed by atoms with van der Waals surface area (Å²) in [6.07, 6.45) is 17.2. The average molecular weight is 444 g/mol. The summed E-state index contributed by atoms with van der Waals surface area (Å²) in [5.74, 6) is 3.42. The van der Waals surface area contributed by atoms with Gasteiger partial charge >= 0.3 is 0 Å². The summed E-state index contributed by atoms with van der Waals surface area (Å²) in [5.41, 5.74) is -0.142. The SMILES string of the molecule is COC[C@@]1(O)CC[C@]2(C)C3CC[C@@]4(C)C(CCC[C@@H]4C(=O)C[n+]4cc[nH]c4)C3CC[C@H]2C1. The molecule has 32 heavy (non-hydrogen) atoms. The Morgan fingerprint density at radius 2 is 1.91 bits per heavy atom. The van der Waals surface area contributed by atoms with Crippen LogP contribution in [-0.2, 0) is 16.1 Å². The van der Waals surface area contributed by atoms with Gasteiger partial charge in [0.25, 0.3) is 0 Å². The summed E-state index contributed by atoms with van der Waals surface area (Å²) in [7, 11) is 1.71. The number of hydrogen-bond acceptors (Lipinski definition) is 3. The maximum absolute atomic E-state index is 13.4. The molecule has 3 unspecified atom stereocenters. The Hall–Kier alpha value is -1.20. The Kier molecular flexibility index (Phi) is 5.81. The molecule has 5 heteroatoms. The number of aromatic nitrogens is 2. The number of nitrogens with one attached hydrogen (secondary N) is 1. The van der Waals surface area contributed by atoms with Gasteiger partial charge in [-0.2, -0.15) is 0 Å². The summed E-state index contributed by atoms with van der Waals surface area (Å²) in [4.78, 5) is 16.5. The summed E-state index contributed by atoms with van der Waals surface area (Å²) < 4.78 is 7.37. The van der Waals surface area contributed by atoms with E-state index < -0.39 is 5.60 Å². The van der Waals surface area contributed by atoms with Crippen LogP contribution in [0.4, 0.5) is 0 Å². The van der Waals surface area contributed by atoms with Crippen molar-refractivity contribution >= 4 is 5.78 Å². The molecular formula is C27H43N2O3+. The van der Waals surface area contributed by atoms with Gasteiger partial charge in [0.2, 0.25) is 6.33 Å². The number of carbonyl (C=O) groups is 1. The molecule has 4 saturated carbocycles. The van der Waals surface area contributed by atoms with Gasteiger partial charge in [0.1, 0.15) is 18.9 Å². The number of ketones is 1. The van der Waals surface area contributed by atoms with Gasteiger partial charge in [-0.05, 0) is 92.3 Å². The first-order valence-corrected chi connectivity index (χ1v) is 13.0. The van der Waals surface area contributed by atoms with Crippen molar-refractivity contribution in [2.24, 2.45) is 40.4 Å². The van der Waals surface area contributed by atoms with E-state index in [9.17, 15) is 9.90 Å². The second-order valence-corrected chi connectivity index (χ2v) is 12.3. The number of aromatic amines is 1. The number of aliphatic hydroxyl groups is 1. The van der Waals surface area contributed by atoms with Crippen molar-refractivity contribution in [3.05, 3.63) is 18.7 Å². The molecule has 0 bridgehead atoms. The van der Waals surface area contributed by atoms with Crippen molar-refractivity contribution in [2.45, 2.75) is 90.2 Å². The van der Waals surface area contributed by atoms with Gasteiger partial charge in [0.05, 0.1) is 12.2 Å².